The molecule has 25 heavy (non-hydrogen) atoms. The van der Waals surface area contributed by atoms with E-state index in [4.69, 9.17) is 21.1 Å². The van der Waals surface area contributed by atoms with Crippen molar-refractivity contribution in [1.82, 2.24) is 0 Å². The third-order valence-corrected chi connectivity index (χ3v) is 4.26. The van der Waals surface area contributed by atoms with E-state index in [0.29, 0.717) is 17.1 Å². The maximum absolute atomic E-state index is 12.2. The van der Waals surface area contributed by atoms with Crippen LogP contribution in [0.2, 0.25) is 5.02 Å². The molecule has 6 heteroatoms. The van der Waals surface area contributed by atoms with Crippen LogP contribution in [-0.4, -0.2) is 25.1 Å². The highest BCUT2D eigenvalue weighted by Crippen LogP contribution is 2.30. The molecule has 1 atom stereocenters. The summed E-state index contributed by atoms with van der Waals surface area (Å²) >= 11 is 5.97. The van der Waals surface area contributed by atoms with Gasteiger partial charge in [0.15, 0.2) is 6.61 Å². The van der Waals surface area contributed by atoms with Gasteiger partial charge in [-0.1, -0.05) is 29.8 Å². The molecule has 1 heterocycles. The van der Waals surface area contributed by atoms with E-state index in [1.165, 1.54) is 0 Å². The first-order valence-electron chi connectivity index (χ1n) is 7.96. The minimum Gasteiger partial charge on any atom is -0.492 e. The lowest BCUT2D eigenvalue weighted by molar-refractivity contribution is -0.152. The normalized spacial score (nSPS) is 15.7. The lowest BCUT2D eigenvalue weighted by Crippen LogP contribution is -2.32. The first kappa shape index (κ1) is 17.3. The van der Waals surface area contributed by atoms with Gasteiger partial charge in [0.25, 0.3) is 5.91 Å². The molecule has 2 aromatic carbocycles. The van der Waals surface area contributed by atoms with Crippen LogP contribution < -0.4 is 10.1 Å². The van der Waals surface area contributed by atoms with Gasteiger partial charge in [-0.2, -0.15) is 0 Å². The molecule has 0 aromatic heterocycles. The molecule has 5 nitrogen and oxygen atoms in total. The van der Waals surface area contributed by atoms with E-state index in [1.54, 1.807) is 24.3 Å². The number of esters is 1. The number of amides is 1. The van der Waals surface area contributed by atoms with E-state index < -0.39 is 11.9 Å². The van der Waals surface area contributed by atoms with Crippen LogP contribution in [0.3, 0.4) is 0 Å². The van der Waals surface area contributed by atoms with E-state index in [1.807, 2.05) is 25.1 Å². The second kappa shape index (κ2) is 7.57. The summed E-state index contributed by atoms with van der Waals surface area (Å²) in [5.41, 5.74) is 2.51. The van der Waals surface area contributed by atoms with E-state index in [9.17, 15) is 9.59 Å². The van der Waals surface area contributed by atoms with Gasteiger partial charge in [0, 0.05) is 10.7 Å². The molecule has 130 valence electrons. The number of fused-ring (bicyclic) bond motifs is 1. The second-order valence-corrected chi connectivity index (χ2v) is 6.37. The van der Waals surface area contributed by atoms with E-state index in [-0.39, 0.29) is 19.1 Å². The van der Waals surface area contributed by atoms with Crippen LogP contribution in [0.1, 0.15) is 11.1 Å². The molecule has 0 saturated heterocycles. The minimum absolute atomic E-state index is 0.229. The van der Waals surface area contributed by atoms with Gasteiger partial charge in [-0.15, -0.1) is 0 Å². The quantitative estimate of drug-likeness (QED) is 0.850. The Morgan fingerprint density at radius 2 is 2.08 bits per heavy atom. The molecule has 0 fully saturated rings. The Kier molecular flexibility index (Phi) is 5.24. The number of benzene rings is 2. The summed E-state index contributed by atoms with van der Waals surface area (Å²) in [5, 5.41) is 3.32. The molecule has 2 aromatic rings. The van der Waals surface area contributed by atoms with Crippen molar-refractivity contribution in [3.05, 3.63) is 58.6 Å². The maximum atomic E-state index is 12.2. The number of carbonyl (C=O) groups is 2. The van der Waals surface area contributed by atoms with Crippen LogP contribution in [0.4, 0.5) is 5.69 Å². The van der Waals surface area contributed by atoms with Crippen molar-refractivity contribution in [2.45, 2.75) is 13.3 Å². The number of anilines is 1. The van der Waals surface area contributed by atoms with Gasteiger partial charge < -0.3 is 14.8 Å². The molecular formula is C19H18ClNO4. The third-order valence-electron chi connectivity index (χ3n) is 4.03. The Bertz CT molecular complexity index is 806. The largest absolute Gasteiger partial charge is 0.492 e. The number of carbonyl (C=O) groups excluding carboxylic acids is 2. The lowest BCUT2D eigenvalue weighted by Gasteiger charge is -2.24. The van der Waals surface area contributed by atoms with E-state index in [0.717, 1.165) is 16.9 Å². The van der Waals surface area contributed by atoms with Gasteiger partial charge in [0.2, 0.25) is 0 Å². The summed E-state index contributed by atoms with van der Waals surface area (Å²) in [7, 11) is 0. The number of ether oxygens (including phenoxy) is 2. The van der Waals surface area contributed by atoms with Crippen molar-refractivity contribution < 1.29 is 19.1 Å². The molecule has 0 saturated carbocycles. The molecule has 1 aliphatic heterocycles. The molecule has 3 rings (SSSR count). The number of rotatable bonds is 4. The highest BCUT2D eigenvalue weighted by molar-refractivity contribution is 6.30. The van der Waals surface area contributed by atoms with Gasteiger partial charge in [-0.3, -0.25) is 9.59 Å². The Morgan fingerprint density at radius 3 is 2.88 bits per heavy atom. The van der Waals surface area contributed by atoms with Gasteiger partial charge >= 0.3 is 5.97 Å². The fraction of sp³-hybridized carbons (Fsp3) is 0.263. The summed E-state index contributed by atoms with van der Waals surface area (Å²) in [6.45, 7) is 1.79. The molecule has 0 bridgehead atoms. The van der Waals surface area contributed by atoms with Crippen molar-refractivity contribution in [1.29, 1.82) is 0 Å². The van der Waals surface area contributed by atoms with Crippen LogP contribution >= 0.6 is 11.6 Å². The minimum atomic E-state index is -0.453. The van der Waals surface area contributed by atoms with E-state index >= 15 is 0 Å². The predicted octanol–water partition coefficient (Wildman–Crippen LogP) is 3.38. The molecule has 1 aliphatic rings. The number of aryl methyl sites for hydroxylation is 1. The van der Waals surface area contributed by atoms with Crippen LogP contribution in [0.5, 0.6) is 5.75 Å². The molecule has 1 N–H and O–H groups in total. The van der Waals surface area contributed by atoms with Gasteiger partial charge in [-0.05, 0) is 48.7 Å². The van der Waals surface area contributed by atoms with Crippen molar-refractivity contribution in [3.63, 3.8) is 0 Å². The van der Waals surface area contributed by atoms with Gasteiger partial charge in [-0.25, -0.2) is 0 Å². The summed E-state index contributed by atoms with van der Waals surface area (Å²) in [4.78, 5) is 24.2. The Labute approximate surface area is 150 Å². The monoisotopic (exact) mass is 359 g/mol. The first-order valence-corrected chi connectivity index (χ1v) is 8.34. The third kappa shape index (κ3) is 4.31. The Balaban J connectivity index is 1.53. The summed E-state index contributed by atoms with van der Waals surface area (Å²) < 4.78 is 10.7. The summed E-state index contributed by atoms with van der Waals surface area (Å²) in [6, 6.07) is 12.7. The average molecular weight is 360 g/mol. The smallest absolute Gasteiger partial charge is 0.313 e. The molecule has 0 spiro atoms. The zero-order chi connectivity index (χ0) is 17.8. The molecule has 0 aliphatic carbocycles. The van der Waals surface area contributed by atoms with Crippen molar-refractivity contribution in [2.24, 2.45) is 5.92 Å². The fourth-order valence-electron chi connectivity index (χ4n) is 2.67. The zero-order valence-electron chi connectivity index (χ0n) is 13.8. The number of hydrogen-bond acceptors (Lipinski definition) is 4. The van der Waals surface area contributed by atoms with Gasteiger partial charge in [0.1, 0.15) is 12.4 Å². The van der Waals surface area contributed by atoms with Gasteiger partial charge in [0.05, 0.1) is 5.92 Å². The summed E-state index contributed by atoms with van der Waals surface area (Å²) in [5.74, 6) is -0.545. The fourth-order valence-corrected chi connectivity index (χ4v) is 2.86. The zero-order valence-corrected chi connectivity index (χ0v) is 14.5. The number of nitrogens with one attached hydrogen (secondary N) is 1. The van der Waals surface area contributed by atoms with Crippen LogP contribution in [-0.2, 0) is 20.7 Å². The Hall–Kier alpha value is -2.53. The predicted molar refractivity (Wildman–Crippen MR) is 94.9 cm³/mol. The highest BCUT2D eigenvalue weighted by atomic mass is 35.5. The first-order chi connectivity index (χ1) is 12.0. The standard InChI is InChI=1S/C19H18ClNO4/c1-12-4-2-3-5-16(12)21-18(22)11-25-19(23)14-8-13-9-15(20)6-7-17(13)24-10-14/h2-7,9,14H,8,10-11H2,1H3,(H,21,22)/t14-/m1/s1. The van der Waals surface area contributed by atoms with Crippen molar-refractivity contribution in [2.75, 3.05) is 18.5 Å². The Morgan fingerprint density at radius 1 is 1.28 bits per heavy atom. The maximum Gasteiger partial charge on any atom is 0.313 e. The highest BCUT2D eigenvalue weighted by Gasteiger charge is 2.28. The van der Waals surface area contributed by atoms with Crippen LogP contribution in [0.15, 0.2) is 42.5 Å². The SMILES string of the molecule is Cc1ccccc1NC(=O)COC(=O)[C@H]1COc2ccc(Cl)cc2C1. The number of para-hydroxylation sites is 1. The molecule has 1 amide bonds. The number of halogens is 1. The lowest BCUT2D eigenvalue weighted by atomic mass is 9.97. The summed E-state index contributed by atoms with van der Waals surface area (Å²) in [6.07, 6.45) is 0.480. The van der Waals surface area contributed by atoms with Crippen LogP contribution in [0.25, 0.3) is 0 Å². The molecule has 0 radical (unpaired) electrons. The second-order valence-electron chi connectivity index (χ2n) is 5.93. The van der Waals surface area contributed by atoms with E-state index in [2.05, 4.69) is 5.32 Å². The average Bonchev–Trinajstić information content (AvgIpc) is 2.61. The molecular weight excluding hydrogens is 342 g/mol. The number of hydrogen-bond donors (Lipinski definition) is 1. The topological polar surface area (TPSA) is 64.6 Å². The van der Waals surface area contributed by atoms with Crippen molar-refractivity contribution in [3.8, 4) is 5.75 Å². The van der Waals surface area contributed by atoms with Crippen molar-refractivity contribution >= 4 is 29.2 Å². The van der Waals surface area contributed by atoms with Crippen LogP contribution in [0, 0.1) is 12.8 Å². The molecule has 0 unspecified atom stereocenters.